The number of amides is 1. The van der Waals surface area contributed by atoms with Crippen LogP contribution in [0.15, 0.2) is 73.3 Å². The van der Waals surface area contributed by atoms with Gasteiger partial charge in [-0.15, -0.1) is 0 Å². The fourth-order valence-corrected chi connectivity index (χ4v) is 4.23. The number of allylic oxidation sites excluding steroid dienone is 1. The Morgan fingerprint density at radius 3 is 2.56 bits per heavy atom. The number of para-hydroxylation sites is 1. The topological polar surface area (TPSA) is 108 Å². The second-order valence-corrected chi connectivity index (χ2v) is 8.71. The summed E-state index contributed by atoms with van der Waals surface area (Å²) in [7, 11) is 0. The van der Waals surface area contributed by atoms with Crippen molar-refractivity contribution in [2.45, 2.75) is 20.3 Å². The van der Waals surface area contributed by atoms with Gasteiger partial charge in [-0.1, -0.05) is 34.1 Å². The van der Waals surface area contributed by atoms with Crippen molar-refractivity contribution in [2.24, 2.45) is 4.99 Å². The maximum absolute atomic E-state index is 12.7. The molecule has 2 aromatic carbocycles. The number of hydrogen-bond donors (Lipinski definition) is 2. The van der Waals surface area contributed by atoms with Crippen LogP contribution in [0.3, 0.4) is 0 Å². The molecule has 0 unspecified atom stereocenters. The highest BCUT2D eigenvalue weighted by molar-refractivity contribution is 9.10. The average molecular weight is 523 g/mol. The van der Waals surface area contributed by atoms with Crippen LogP contribution < -0.4 is 21.8 Å². The number of halogens is 1. The molecule has 2 heterocycles. The molecule has 0 atom stereocenters. The van der Waals surface area contributed by atoms with Gasteiger partial charge in [-0.25, -0.2) is 14.4 Å². The van der Waals surface area contributed by atoms with Gasteiger partial charge in [0, 0.05) is 29.7 Å². The molecule has 174 valence electrons. The minimum absolute atomic E-state index is 0.0208. The number of benzene rings is 2. The van der Waals surface area contributed by atoms with Gasteiger partial charge >= 0.3 is 5.69 Å². The van der Waals surface area contributed by atoms with Crippen LogP contribution in [0.4, 0.5) is 0 Å². The predicted molar refractivity (Wildman–Crippen MR) is 133 cm³/mol. The molecule has 0 saturated heterocycles. The van der Waals surface area contributed by atoms with Crippen LogP contribution in [0.25, 0.3) is 17.3 Å². The lowest BCUT2D eigenvalue weighted by atomic mass is 10.1. The van der Waals surface area contributed by atoms with Gasteiger partial charge < -0.3 is 10.0 Å². The monoisotopic (exact) mass is 522 g/mol. The van der Waals surface area contributed by atoms with Crippen molar-refractivity contribution in [1.29, 1.82) is 0 Å². The molecule has 1 aliphatic rings. The fraction of sp³-hybridized carbons (Fsp3) is 0.200. The second-order valence-electron chi connectivity index (χ2n) is 7.79. The Balaban J connectivity index is 1.84. The molecule has 0 fully saturated rings. The van der Waals surface area contributed by atoms with Gasteiger partial charge in [0.05, 0.1) is 16.7 Å². The SMILES string of the molecule is CCN(CCC1=c2ccccc2=N/C1=C\c1c(O)n(-c2ccc(Br)cc2)c(=O)[nH]c1=O)C(C)=O. The molecule has 1 amide bonds. The van der Waals surface area contributed by atoms with Crippen molar-refractivity contribution < 1.29 is 9.90 Å². The summed E-state index contributed by atoms with van der Waals surface area (Å²) in [6.45, 7) is 4.52. The number of nitrogens with one attached hydrogen (secondary N) is 1. The summed E-state index contributed by atoms with van der Waals surface area (Å²) < 4.78 is 1.85. The highest BCUT2D eigenvalue weighted by atomic mass is 79.9. The van der Waals surface area contributed by atoms with E-state index in [9.17, 15) is 19.5 Å². The van der Waals surface area contributed by atoms with Crippen molar-refractivity contribution in [3.8, 4) is 11.6 Å². The molecular formula is C25H23BrN4O4. The first-order chi connectivity index (χ1) is 16.3. The van der Waals surface area contributed by atoms with Crippen molar-refractivity contribution >= 4 is 33.5 Å². The van der Waals surface area contributed by atoms with Crippen LogP contribution in [0, 0.1) is 0 Å². The number of aromatic hydroxyl groups is 1. The Morgan fingerprint density at radius 1 is 1.18 bits per heavy atom. The van der Waals surface area contributed by atoms with Gasteiger partial charge in [-0.2, -0.15) is 0 Å². The van der Waals surface area contributed by atoms with Gasteiger partial charge in [0.2, 0.25) is 11.8 Å². The van der Waals surface area contributed by atoms with E-state index < -0.39 is 17.1 Å². The molecule has 3 aromatic rings. The van der Waals surface area contributed by atoms with Crippen molar-refractivity contribution in [3.63, 3.8) is 0 Å². The number of rotatable bonds is 6. The second kappa shape index (κ2) is 9.64. The van der Waals surface area contributed by atoms with Crippen molar-refractivity contribution in [1.82, 2.24) is 14.5 Å². The third kappa shape index (κ3) is 4.51. The number of carbonyl (C=O) groups is 1. The summed E-state index contributed by atoms with van der Waals surface area (Å²) in [6, 6.07) is 14.3. The third-order valence-corrected chi connectivity index (χ3v) is 6.25. The molecule has 4 rings (SSSR count). The van der Waals surface area contributed by atoms with Gasteiger partial charge in [-0.3, -0.25) is 14.6 Å². The predicted octanol–water partition coefficient (Wildman–Crippen LogP) is 2.08. The third-order valence-electron chi connectivity index (χ3n) is 5.72. The molecule has 0 bridgehead atoms. The minimum Gasteiger partial charge on any atom is -0.494 e. The molecular weight excluding hydrogens is 500 g/mol. The summed E-state index contributed by atoms with van der Waals surface area (Å²) in [4.78, 5) is 45.7. The van der Waals surface area contributed by atoms with Crippen LogP contribution in [0.5, 0.6) is 5.88 Å². The summed E-state index contributed by atoms with van der Waals surface area (Å²) >= 11 is 3.34. The molecule has 1 aromatic heterocycles. The number of hydrogen-bond acceptors (Lipinski definition) is 5. The molecule has 34 heavy (non-hydrogen) atoms. The minimum atomic E-state index is -0.747. The lowest BCUT2D eigenvalue weighted by Crippen LogP contribution is -2.31. The summed E-state index contributed by atoms with van der Waals surface area (Å²) in [5.41, 5.74) is 0.219. The smallest absolute Gasteiger partial charge is 0.335 e. The zero-order valence-corrected chi connectivity index (χ0v) is 20.3. The highest BCUT2D eigenvalue weighted by Crippen LogP contribution is 2.25. The van der Waals surface area contributed by atoms with E-state index in [0.717, 1.165) is 25.2 Å². The van der Waals surface area contributed by atoms with Gasteiger partial charge in [0.15, 0.2) is 0 Å². The molecule has 9 heteroatoms. The fourth-order valence-electron chi connectivity index (χ4n) is 3.96. The average Bonchev–Trinajstić information content (AvgIpc) is 3.15. The van der Waals surface area contributed by atoms with Crippen LogP contribution in [0.1, 0.15) is 25.8 Å². The number of carbonyl (C=O) groups excluding carboxylic acids is 1. The molecule has 2 N–H and O–H groups in total. The zero-order chi connectivity index (χ0) is 24.4. The summed E-state index contributed by atoms with van der Waals surface area (Å²) in [5, 5.41) is 12.6. The quantitative estimate of drug-likeness (QED) is 0.516. The molecule has 0 aliphatic carbocycles. The van der Waals surface area contributed by atoms with Crippen LogP contribution in [0.2, 0.25) is 0 Å². The largest absolute Gasteiger partial charge is 0.494 e. The number of nitrogens with zero attached hydrogens (tertiary/aromatic N) is 3. The normalized spacial score (nSPS) is 13.6. The number of fused-ring (bicyclic) bond motifs is 1. The molecule has 0 spiro atoms. The molecule has 0 saturated carbocycles. The Labute approximate surface area is 203 Å². The van der Waals surface area contributed by atoms with E-state index >= 15 is 0 Å². The lowest BCUT2D eigenvalue weighted by Gasteiger charge is -2.19. The van der Waals surface area contributed by atoms with Crippen LogP contribution in [-0.4, -0.2) is 38.6 Å². The first-order valence-corrected chi connectivity index (χ1v) is 11.6. The van der Waals surface area contributed by atoms with E-state index in [1.54, 1.807) is 29.2 Å². The van der Waals surface area contributed by atoms with Crippen LogP contribution >= 0.6 is 15.9 Å². The Kier molecular flexibility index (Phi) is 6.65. The van der Waals surface area contributed by atoms with E-state index in [2.05, 4.69) is 25.9 Å². The van der Waals surface area contributed by atoms with Gasteiger partial charge in [-0.05, 0) is 55.3 Å². The van der Waals surface area contributed by atoms with E-state index in [-0.39, 0.29) is 11.5 Å². The van der Waals surface area contributed by atoms with Gasteiger partial charge in [0.25, 0.3) is 5.56 Å². The molecule has 8 nitrogen and oxygen atoms in total. The van der Waals surface area contributed by atoms with E-state index in [0.29, 0.717) is 30.9 Å². The lowest BCUT2D eigenvalue weighted by molar-refractivity contribution is -0.128. The maximum atomic E-state index is 12.7. The summed E-state index contributed by atoms with van der Waals surface area (Å²) in [6.07, 6.45) is 2.01. The Bertz CT molecular complexity index is 1530. The highest BCUT2D eigenvalue weighted by Gasteiger charge is 2.19. The Morgan fingerprint density at radius 2 is 1.88 bits per heavy atom. The maximum Gasteiger partial charge on any atom is 0.335 e. The number of aromatic nitrogens is 2. The zero-order valence-electron chi connectivity index (χ0n) is 18.7. The first kappa shape index (κ1) is 23.4. The Hall–Kier alpha value is -3.72. The first-order valence-electron chi connectivity index (χ1n) is 10.8. The number of H-pyrrole nitrogens is 1. The van der Waals surface area contributed by atoms with Crippen LogP contribution in [-0.2, 0) is 4.79 Å². The van der Waals surface area contributed by atoms with E-state index in [1.165, 1.54) is 13.0 Å². The summed E-state index contributed by atoms with van der Waals surface area (Å²) in [5.74, 6) is -0.500. The van der Waals surface area contributed by atoms with E-state index in [4.69, 9.17) is 0 Å². The standard InChI is InChI=1S/C25H23BrN4O4/c1-3-29(15(2)31)13-12-19-18-6-4-5-7-21(18)27-22(19)14-20-23(32)28-25(34)30(24(20)33)17-10-8-16(26)9-11-17/h4-11,14,33H,3,12-13H2,1-2H3,(H,28,32,34)/b22-14-. The van der Waals surface area contributed by atoms with Crippen molar-refractivity contribution in [2.75, 3.05) is 13.1 Å². The number of aromatic amines is 1. The van der Waals surface area contributed by atoms with Gasteiger partial charge in [0.1, 0.15) is 5.56 Å². The molecule has 0 radical (unpaired) electrons. The van der Waals surface area contributed by atoms with Crippen molar-refractivity contribution in [3.05, 3.63) is 95.7 Å². The van der Waals surface area contributed by atoms with E-state index in [1.807, 2.05) is 31.2 Å². The molecule has 1 aliphatic heterocycles.